The molecule has 1 heteroatoms. The van der Waals surface area contributed by atoms with Gasteiger partial charge in [-0.3, -0.25) is 4.98 Å². The van der Waals surface area contributed by atoms with Gasteiger partial charge < -0.3 is 0 Å². The fourth-order valence-electron chi connectivity index (χ4n) is 6.98. The van der Waals surface area contributed by atoms with Gasteiger partial charge in [0, 0.05) is 11.1 Å². The molecule has 1 aromatic heterocycles. The molecule has 2 unspecified atom stereocenters. The van der Waals surface area contributed by atoms with E-state index in [-0.39, 0.29) is 5.41 Å². The molecule has 39 heavy (non-hydrogen) atoms. The molecule has 2 atom stereocenters. The Morgan fingerprint density at radius 3 is 2.18 bits per heavy atom. The third-order valence-corrected chi connectivity index (χ3v) is 9.61. The van der Waals surface area contributed by atoms with Crippen LogP contribution in [-0.2, 0) is 5.41 Å². The van der Waals surface area contributed by atoms with Crippen molar-refractivity contribution in [3.05, 3.63) is 108 Å². The first-order valence-electron chi connectivity index (χ1n) is 15.4. The van der Waals surface area contributed by atoms with Crippen molar-refractivity contribution >= 4 is 6.08 Å². The minimum atomic E-state index is 0.0637. The van der Waals surface area contributed by atoms with E-state index in [2.05, 4.69) is 103 Å². The number of nitrogens with zero attached hydrogens (tertiary/aromatic N) is 1. The molecule has 0 saturated heterocycles. The number of hydrogen-bond donors (Lipinski definition) is 0. The third-order valence-electron chi connectivity index (χ3n) is 9.61. The highest BCUT2D eigenvalue weighted by atomic mass is 14.8. The van der Waals surface area contributed by atoms with Crippen LogP contribution in [0.4, 0.5) is 0 Å². The number of benzene rings is 1. The van der Waals surface area contributed by atoms with Crippen LogP contribution in [0.5, 0.6) is 0 Å². The van der Waals surface area contributed by atoms with Crippen LogP contribution in [0.2, 0.25) is 0 Å². The summed E-state index contributed by atoms with van der Waals surface area (Å²) in [4.78, 5) is 4.94. The molecule has 3 aliphatic carbocycles. The molecule has 210 valence electrons. The summed E-state index contributed by atoms with van der Waals surface area (Å²) in [5.41, 5.74) is 9.34. The van der Waals surface area contributed by atoms with Crippen LogP contribution in [0.3, 0.4) is 0 Å². The highest BCUT2D eigenvalue weighted by molar-refractivity contribution is 5.68. The summed E-state index contributed by atoms with van der Waals surface area (Å²) in [5, 5.41) is 0. The van der Waals surface area contributed by atoms with Crippen LogP contribution in [0.15, 0.2) is 79.4 Å². The third kappa shape index (κ3) is 6.08. The SMILES string of the molecule is C=CC(=C)C1CC(C2(C)CC23C(=C)C=Cc2ccc(C)nc23)C1.CC.CCCC(CCC)c1ccc(C)cc1. The molecule has 0 amide bonds. The van der Waals surface area contributed by atoms with Crippen molar-refractivity contribution in [2.45, 2.75) is 105 Å². The predicted octanol–water partition coefficient (Wildman–Crippen LogP) is 11.1. The second-order valence-corrected chi connectivity index (χ2v) is 12.1. The largest absolute Gasteiger partial charge is 0.257 e. The van der Waals surface area contributed by atoms with Crippen molar-refractivity contribution in [2.24, 2.45) is 17.3 Å². The van der Waals surface area contributed by atoms with Gasteiger partial charge in [-0.15, -0.1) is 0 Å². The van der Waals surface area contributed by atoms with Crippen molar-refractivity contribution < 1.29 is 0 Å². The zero-order chi connectivity index (χ0) is 28.8. The number of fused-ring (bicyclic) bond motifs is 2. The van der Waals surface area contributed by atoms with Crippen molar-refractivity contribution in [1.29, 1.82) is 0 Å². The molecule has 1 aromatic carbocycles. The van der Waals surface area contributed by atoms with E-state index in [1.807, 2.05) is 19.9 Å². The van der Waals surface area contributed by atoms with Gasteiger partial charge in [-0.05, 0) is 91.9 Å². The number of rotatable bonds is 8. The van der Waals surface area contributed by atoms with E-state index in [4.69, 9.17) is 4.98 Å². The molecule has 2 fully saturated rings. The predicted molar refractivity (Wildman–Crippen MR) is 172 cm³/mol. The number of aromatic nitrogens is 1. The molecule has 0 aliphatic heterocycles. The Morgan fingerprint density at radius 1 is 1.00 bits per heavy atom. The van der Waals surface area contributed by atoms with Gasteiger partial charge in [0.1, 0.15) is 0 Å². The fraction of sp³-hybridized carbons (Fsp3) is 0.500. The fourth-order valence-corrected chi connectivity index (χ4v) is 6.98. The molecular formula is C38H53N. The molecule has 3 aliphatic rings. The first-order chi connectivity index (χ1) is 18.7. The van der Waals surface area contributed by atoms with Gasteiger partial charge in [-0.2, -0.15) is 0 Å². The van der Waals surface area contributed by atoms with E-state index in [9.17, 15) is 0 Å². The summed E-state index contributed by atoms with van der Waals surface area (Å²) in [7, 11) is 0. The lowest BCUT2D eigenvalue weighted by Crippen LogP contribution is -2.36. The van der Waals surface area contributed by atoms with Gasteiger partial charge in [0.2, 0.25) is 0 Å². The summed E-state index contributed by atoms with van der Waals surface area (Å²) >= 11 is 0. The van der Waals surface area contributed by atoms with Crippen LogP contribution in [0.25, 0.3) is 6.08 Å². The lowest BCUT2D eigenvalue weighted by Gasteiger charge is -2.43. The van der Waals surface area contributed by atoms with Gasteiger partial charge in [0.25, 0.3) is 0 Å². The van der Waals surface area contributed by atoms with E-state index in [1.165, 1.54) is 78.5 Å². The van der Waals surface area contributed by atoms with Gasteiger partial charge in [0.15, 0.2) is 0 Å². The average Bonchev–Trinajstić information content (AvgIpc) is 3.54. The summed E-state index contributed by atoms with van der Waals surface area (Å²) in [5.74, 6) is 2.15. The number of pyridine rings is 1. The zero-order valence-corrected chi connectivity index (χ0v) is 25.9. The van der Waals surface area contributed by atoms with E-state index in [0.29, 0.717) is 11.3 Å². The summed E-state index contributed by atoms with van der Waals surface area (Å²) < 4.78 is 0. The minimum Gasteiger partial charge on any atom is -0.257 e. The Bertz CT molecular complexity index is 1170. The van der Waals surface area contributed by atoms with Crippen LogP contribution in [0, 0.1) is 31.1 Å². The molecule has 1 spiro atoms. The lowest BCUT2D eigenvalue weighted by molar-refractivity contribution is 0.130. The standard InChI is InChI=1S/C22H25N.C14H22.C2H6/c1-6-14(2)18-11-19(12-18)21(5)13-22(21)15(3)7-9-17-10-8-16(4)23-20(17)22;1-4-6-13(7-5-2)14-10-8-12(3)9-11-14;1-2/h6-10,18-19H,1-3,11-13H2,4-5H3;8-11,13H,4-7H2,1-3H3;1-2H3. The zero-order valence-electron chi connectivity index (χ0n) is 25.9. The van der Waals surface area contributed by atoms with Crippen LogP contribution < -0.4 is 0 Å². The van der Waals surface area contributed by atoms with Crippen molar-refractivity contribution in [2.75, 3.05) is 0 Å². The van der Waals surface area contributed by atoms with E-state index >= 15 is 0 Å². The molecule has 1 heterocycles. The first kappa shape index (κ1) is 30.9. The quantitative estimate of drug-likeness (QED) is 0.313. The van der Waals surface area contributed by atoms with Gasteiger partial charge in [0.05, 0.1) is 5.69 Å². The molecule has 2 aromatic rings. The molecule has 0 N–H and O–H groups in total. The maximum absolute atomic E-state index is 4.94. The van der Waals surface area contributed by atoms with E-state index < -0.39 is 0 Å². The van der Waals surface area contributed by atoms with E-state index in [1.54, 1.807) is 0 Å². The van der Waals surface area contributed by atoms with Crippen LogP contribution in [-0.4, -0.2) is 4.98 Å². The van der Waals surface area contributed by atoms with Crippen LogP contribution >= 0.6 is 0 Å². The molecule has 0 bridgehead atoms. The highest BCUT2D eigenvalue weighted by Gasteiger charge is 2.72. The topological polar surface area (TPSA) is 12.9 Å². The maximum Gasteiger partial charge on any atom is 0.0590 e. The van der Waals surface area contributed by atoms with Crippen molar-refractivity contribution in [3.8, 4) is 0 Å². The average molecular weight is 524 g/mol. The Kier molecular flexibility index (Phi) is 10.4. The smallest absolute Gasteiger partial charge is 0.0590 e. The monoisotopic (exact) mass is 523 g/mol. The normalized spacial score (nSPS) is 26.0. The van der Waals surface area contributed by atoms with Crippen molar-refractivity contribution in [3.63, 3.8) is 0 Å². The molecular weight excluding hydrogens is 470 g/mol. The number of allylic oxidation sites excluding steroid dienone is 4. The highest BCUT2D eigenvalue weighted by Crippen LogP contribution is 2.76. The maximum atomic E-state index is 4.94. The Labute approximate surface area is 240 Å². The van der Waals surface area contributed by atoms with Crippen molar-refractivity contribution in [1.82, 2.24) is 4.98 Å². The second-order valence-electron chi connectivity index (χ2n) is 12.1. The summed E-state index contributed by atoms with van der Waals surface area (Å²) in [6, 6.07) is 13.4. The number of hydrogen-bond acceptors (Lipinski definition) is 1. The summed E-state index contributed by atoms with van der Waals surface area (Å²) in [6.07, 6.45) is 15.2. The lowest BCUT2D eigenvalue weighted by atomic mass is 9.61. The Morgan fingerprint density at radius 2 is 1.62 bits per heavy atom. The minimum absolute atomic E-state index is 0.0637. The van der Waals surface area contributed by atoms with Crippen LogP contribution in [0.1, 0.15) is 114 Å². The second kappa shape index (κ2) is 13.1. The Hall–Kier alpha value is -2.67. The van der Waals surface area contributed by atoms with Gasteiger partial charge in [-0.1, -0.05) is 127 Å². The van der Waals surface area contributed by atoms with Gasteiger partial charge in [-0.25, -0.2) is 0 Å². The first-order valence-corrected chi connectivity index (χ1v) is 15.4. The van der Waals surface area contributed by atoms with E-state index in [0.717, 1.165) is 17.5 Å². The molecule has 0 radical (unpaired) electrons. The number of aryl methyl sites for hydroxylation is 2. The van der Waals surface area contributed by atoms with Gasteiger partial charge >= 0.3 is 0 Å². The molecule has 1 nitrogen and oxygen atoms in total. The Balaban J connectivity index is 0.000000227. The molecule has 2 saturated carbocycles. The molecule has 5 rings (SSSR count). The summed E-state index contributed by atoms with van der Waals surface area (Å²) in [6.45, 7) is 27.6.